The number of hydrogen-bond donors (Lipinski definition) is 1. The predicted octanol–water partition coefficient (Wildman–Crippen LogP) is 2.23. The van der Waals surface area contributed by atoms with Crippen LogP contribution in [0.2, 0.25) is 0 Å². The zero-order valence-corrected chi connectivity index (χ0v) is 6.81. The first-order valence-electron chi connectivity index (χ1n) is 3.75. The maximum absolute atomic E-state index is 4.13. The van der Waals surface area contributed by atoms with Crippen molar-refractivity contribution in [1.29, 1.82) is 0 Å². The Morgan fingerprint density at radius 2 is 2.40 bits per heavy atom. The number of H-pyrrole nitrogens is 1. The molecule has 1 atom stereocenters. The molecule has 0 aliphatic carbocycles. The van der Waals surface area contributed by atoms with E-state index in [0.29, 0.717) is 5.92 Å². The maximum atomic E-state index is 4.13. The first kappa shape index (κ1) is 7.32. The number of nitrogens with zero attached hydrogens (tertiary/aromatic N) is 1. The Bertz CT molecular complexity index is 203. The van der Waals surface area contributed by atoms with Gasteiger partial charge in [0.2, 0.25) is 0 Å². The molecule has 1 aromatic heterocycles. The lowest BCUT2D eigenvalue weighted by molar-refractivity contribution is 0.707. The molecule has 2 nitrogen and oxygen atoms in total. The predicted molar refractivity (Wildman–Crippen MR) is 42.0 cm³/mol. The molecule has 0 radical (unpaired) electrons. The van der Waals surface area contributed by atoms with E-state index >= 15 is 0 Å². The smallest absolute Gasteiger partial charge is 0.0925 e. The molecule has 0 aliphatic rings. The molecule has 1 rings (SSSR count). The van der Waals surface area contributed by atoms with Crippen LogP contribution >= 0.6 is 0 Å². The van der Waals surface area contributed by atoms with Crippen molar-refractivity contribution in [3.8, 4) is 0 Å². The summed E-state index contributed by atoms with van der Waals surface area (Å²) in [5.74, 6) is 0.613. The van der Waals surface area contributed by atoms with Gasteiger partial charge in [-0.15, -0.1) is 0 Å². The third kappa shape index (κ3) is 1.20. The number of aryl methyl sites for hydroxylation is 1. The van der Waals surface area contributed by atoms with Crippen molar-refractivity contribution in [3.05, 3.63) is 17.7 Å². The summed E-state index contributed by atoms with van der Waals surface area (Å²) < 4.78 is 0. The van der Waals surface area contributed by atoms with Crippen molar-refractivity contribution in [1.82, 2.24) is 9.97 Å². The van der Waals surface area contributed by atoms with Gasteiger partial charge in [0.15, 0.2) is 0 Å². The zero-order chi connectivity index (χ0) is 7.56. The third-order valence-corrected chi connectivity index (χ3v) is 1.97. The van der Waals surface area contributed by atoms with Crippen LogP contribution < -0.4 is 0 Å². The van der Waals surface area contributed by atoms with Gasteiger partial charge in [0, 0.05) is 5.69 Å². The molecule has 0 fully saturated rings. The quantitative estimate of drug-likeness (QED) is 0.667. The average Bonchev–Trinajstić information content (AvgIpc) is 2.34. The SMILES string of the molecule is CCC(C)c1[nH]cnc1C. The highest BCUT2D eigenvalue weighted by atomic mass is 14.9. The summed E-state index contributed by atoms with van der Waals surface area (Å²) in [5.41, 5.74) is 2.41. The van der Waals surface area contributed by atoms with Crippen LogP contribution in [0.25, 0.3) is 0 Å². The molecule has 1 aromatic rings. The summed E-state index contributed by atoms with van der Waals surface area (Å²) in [6, 6.07) is 0. The number of imidazole rings is 1. The minimum atomic E-state index is 0.613. The van der Waals surface area contributed by atoms with E-state index in [1.54, 1.807) is 6.33 Å². The molecule has 0 aromatic carbocycles. The van der Waals surface area contributed by atoms with Gasteiger partial charge < -0.3 is 4.98 Å². The highest BCUT2D eigenvalue weighted by Crippen LogP contribution is 2.17. The largest absolute Gasteiger partial charge is 0.348 e. The molecule has 0 amide bonds. The maximum Gasteiger partial charge on any atom is 0.0925 e. The van der Waals surface area contributed by atoms with Gasteiger partial charge in [-0.2, -0.15) is 0 Å². The Hall–Kier alpha value is -0.790. The van der Waals surface area contributed by atoms with Crippen LogP contribution in [0.15, 0.2) is 6.33 Å². The van der Waals surface area contributed by atoms with E-state index in [1.807, 2.05) is 6.92 Å². The molecule has 0 bridgehead atoms. The van der Waals surface area contributed by atoms with Gasteiger partial charge in [-0.25, -0.2) is 4.98 Å². The average molecular weight is 138 g/mol. The van der Waals surface area contributed by atoms with Crippen LogP contribution in [0.3, 0.4) is 0 Å². The van der Waals surface area contributed by atoms with E-state index in [0.717, 1.165) is 5.69 Å². The van der Waals surface area contributed by atoms with Crippen molar-refractivity contribution >= 4 is 0 Å². The Balaban J connectivity index is 2.82. The molecular weight excluding hydrogens is 124 g/mol. The van der Waals surface area contributed by atoms with Gasteiger partial charge in [-0.05, 0) is 19.3 Å². The normalized spacial score (nSPS) is 13.5. The minimum Gasteiger partial charge on any atom is -0.348 e. The molecule has 0 saturated heterocycles. The highest BCUT2D eigenvalue weighted by Gasteiger charge is 2.06. The van der Waals surface area contributed by atoms with Gasteiger partial charge in [-0.1, -0.05) is 13.8 Å². The second kappa shape index (κ2) is 2.86. The third-order valence-electron chi connectivity index (χ3n) is 1.97. The summed E-state index contributed by atoms with van der Waals surface area (Å²) in [4.78, 5) is 7.28. The van der Waals surface area contributed by atoms with Gasteiger partial charge in [0.1, 0.15) is 0 Å². The standard InChI is InChI=1S/C8H14N2/c1-4-6(2)8-7(3)9-5-10-8/h5-6H,4H2,1-3H3,(H,9,10). The highest BCUT2D eigenvalue weighted by molar-refractivity contribution is 5.12. The number of nitrogens with one attached hydrogen (secondary N) is 1. The van der Waals surface area contributed by atoms with Crippen LogP contribution in [-0.4, -0.2) is 9.97 Å². The van der Waals surface area contributed by atoms with Crippen molar-refractivity contribution in [2.24, 2.45) is 0 Å². The van der Waals surface area contributed by atoms with Crippen molar-refractivity contribution in [2.45, 2.75) is 33.1 Å². The first-order chi connectivity index (χ1) is 4.75. The molecule has 1 N–H and O–H groups in total. The van der Waals surface area contributed by atoms with Crippen LogP contribution in [0.4, 0.5) is 0 Å². The van der Waals surface area contributed by atoms with Crippen molar-refractivity contribution < 1.29 is 0 Å². The fourth-order valence-corrected chi connectivity index (χ4v) is 1.08. The van der Waals surface area contributed by atoms with Crippen LogP contribution in [0.5, 0.6) is 0 Å². The number of aromatic amines is 1. The number of hydrogen-bond acceptors (Lipinski definition) is 1. The van der Waals surface area contributed by atoms with Gasteiger partial charge in [-0.3, -0.25) is 0 Å². The Labute approximate surface area is 61.7 Å². The van der Waals surface area contributed by atoms with E-state index in [9.17, 15) is 0 Å². The molecule has 56 valence electrons. The molecule has 1 heterocycles. The lowest BCUT2D eigenvalue weighted by Gasteiger charge is -2.05. The summed E-state index contributed by atoms with van der Waals surface area (Å²) in [5, 5.41) is 0. The topological polar surface area (TPSA) is 28.7 Å². The monoisotopic (exact) mass is 138 g/mol. The van der Waals surface area contributed by atoms with Crippen molar-refractivity contribution in [2.75, 3.05) is 0 Å². The lowest BCUT2D eigenvalue weighted by Crippen LogP contribution is -1.93. The fraction of sp³-hybridized carbons (Fsp3) is 0.625. The molecule has 0 spiro atoms. The van der Waals surface area contributed by atoms with Gasteiger partial charge in [0.25, 0.3) is 0 Å². The van der Waals surface area contributed by atoms with E-state index in [2.05, 4.69) is 23.8 Å². The van der Waals surface area contributed by atoms with Crippen molar-refractivity contribution in [3.63, 3.8) is 0 Å². The molecule has 10 heavy (non-hydrogen) atoms. The van der Waals surface area contributed by atoms with Gasteiger partial charge >= 0.3 is 0 Å². The number of rotatable bonds is 2. The fourth-order valence-electron chi connectivity index (χ4n) is 1.08. The molecule has 2 heteroatoms. The van der Waals surface area contributed by atoms with Crippen LogP contribution in [0, 0.1) is 6.92 Å². The van der Waals surface area contributed by atoms with Crippen LogP contribution in [-0.2, 0) is 0 Å². The minimum absolute atomic E-state index is 0.613. The van der Waals surface area contributed by atoms with E-state index < -0.39 is 0 Å². The first-order valence-corrected chi connectivity index (χ1v) is 3.75. The van der Waals surface area contributed by atoms with E-state index in [1.165, 1.54) is 12.1 Å². The Morgan fingerprint density at radius 3 is 2.80 bits per heavy atom. The second-order valence-electron chi connectivity index (χ2n) is 2.71. The summed E-state index contributed by atoms with van der Waals surface area (Å²) >= 11 is 0. The molecule has 0 aliphatic heterocycles. The van der Waals surface area contributed by atoms with Crippen LogP contribution in [0.1, 0.15) is 37.6 Å². The summed E-state index contributed by atoms with van der Waals surface area (Å²) in [7, 11) is 0. The summed E-state index contributed by atoms with van der Waals surface area (Å²) in [6.07, 6.45) is 2.93. The second-order valence-corrected chi connectivity index (χ2v) is 2.71. The molecule has 1 unspecified atom stereocenters. The Kier molecular flexibility index (Phi) is 2.10. The lowest BCUT2D eigenvalue weighted by atomic mass is 10.0. The van der Waals surface area contributed by atoms with Gasteiger partial charge in [0.05, 0.1) is 12.0 Å². The zero-order valence-electron chi connectivity index (χ0n) is 6.81. The Morgan fingerprint density at radius 1 is 1.70 bits per heavy atom. The molecular formula is C8H14N2. The summed E-state index contributed by atoms with van der Waals surface area (Å²) in [6.45, 7) is 6.43. The molecule has 0 saturated carbocycles. The van der Waals surface area contributed by atoms with E-state index in [4.69, 9.17) is 0 Å². The van der Waals surface area contributed by atoms with E-state index in [-0.39, 0.29) is 0 Å². The number of aromatic nitrogens is 2.